The Morgan fingerprint density at radius 1 is 1.23 bits per heavy atom. The standard InChI is InChI=1S/C23H26N2O6/c1-15-5-4-6-18(11-15)30-13-20(26)17-7-8-21-19(12-17)25(22(27)14-31-21)16(2)23(28)24-9-10-29-3/h4-8,11-12,16H,9-10,13-14H2,1-3H3,(H,24,28). The highest BCUT2D eigenvalue weighted by atomic mass is 16.5. The van der Waals surface area contributed by atoms with Gasteiger partial charge in [0.2, 0.25) is 5.91 Å². The molecule has 0 saturated carbocycles. The van der Waals surface area contributed by atoms with Crippen LogP contribution in [0, 0.1) is 6.92 Å². The maximum atomic E-state index is 12.7. The summed E-state index contributed by atoms with van der Waals surface area (Å²) in [5.74, 6) is 0.111. The van der Waals surface area contributed by atoms with Crippen LogP contribution < -0.4 is 19.7 Å². The fourth-order valence-corrected chi connectivity index (χ4v) is 3.25. The van der Waals surface area contributed by atoms with Gasteiger partial charge in [0.15, 0.2) is 19.0 Å². The average molecular weight is 426 g/mol. The van der Waals surface area contributed by atoms with Crippen molar-refractivity contribution in [2.45, 2.75) is 19.9 Å². The number of nitrogens with zero attached hydrogens (tertiary/aromatic N) is 1. The second-order valence-electron chi connectivity index (χ2n) is 7.22. The number of carbonyl (C=O) groups is 3. The van der Waals surface area contributed by atoms with Gasteiger partial charge in [-0.1, -0.05) is 12.1 Å². The molecule has 0 fully saturated rings. The lowest BCUT2D eigenvalue weighted by atomic mass is 10.1. The number of hydrogen-bond donors (Lipinski definition) is 1. The Morgan fingerprint density at radius 2 is 2.03 bits per heavy atom. The first kappa shape index (κ1) is 22.3. The topological polar surface area (TPSA) is 94.2 Å². The maximum Gasteiger partial charge on any atom is 0.265 e. The smallest absolute Gasteiger partial charge is 0.265 e. The molecule has 0 aromatic heterocycles. The summed E-state index contributed by atoms with van der Waals surface area (Å²) in [6.07, 6.45) is 0. The molecule has 8 nitrogen and oxygen atoms in total. The number of carbonyl (C=O) groups excluding carboxylic acids is 3. The largest absolute Gasteiger partial charge is 0.485 e. The Hall–Kier alpha value is -3.39. The second-order valence-corrected chi connectivity index (χ2v) is 7.22. The highest BCUT2D eigenvalue weighted by Gasteiger charge is 2.33. The monoisotopic (exact) mass is 426 g/mol. The number of fused-ring (bicyclic) bond motifs is 1. The molecule has 2 aromatic rings. The van der Waals surface area contributed by atoms with Crippen LogP contribution in [0.3, 0.4) is 0 Å². The zero-order valence-electron chi connectivity index (χ0n) is 17.8. The lowest BCUT2D eigenvalue weighted by Gasteiger charge is -2.33. The van der Waals surface area contributed by atoms with Crippen LogP contribution in [0.1, 0.15) is 22.8 Å². The molecule has 2 aromatic carbocycles. The van der Waals surface area contributed by atoms with Gasteiger partial charge < -0.3 is 19.5 Å². The van der Waals surface area contributed by atoms with Crippen LogP contribution in [0.25, 0.3) is 0 Å². The van der Waals surface area contributed by atoms with E-state index in [0.717, 1.165) is 5.56 Å². The predicted molar refractivity (Wildman–Crippen MR) is 115 cm³/mol. The molecule has 2 amide bonds. The summed E-state index contributed by atoms with van der Waals surface area (Å²) >= 11 is 0. The lowest BCUT2D eigenvalue weighted by molar-refractivity contribution is -0.127. The number of Topliss-reactive ketones (excluding diaryl/α,β-unsaturated/α-hetero) is 1. The normalized spacial score (nSPS) is 13.8. The Morgan fingerprint density at radius 3 is 2.77 bits per heavy atom. The molecule has 8 heteroatoms. The fourth-order valence-electron chi connectivity index (χ4n) is 3.25. The highest BCUT2D eigenvalue weighted by Crippen LogP contribution is 2.34. The van der Waals surface area contributed by atoms with E-state index in [1.54, 1.807) is 38.3 Å². The Bertz CT molecular complexity index is 974. The minimum atomic E-state index is -0.777. The van der Waals surface area contributed by atoms with E-state index in [1.165, 1.54) is 4.90 Å². The zero-order valence-corrected chi connectivity index (χ0v) is 17.8. The van der Waals surface area contributed by atoms with Gasteiger partial charge in [-0.05, 0) is 49.7 Å². The van der Waals surface area contributed by atoms with Crippen molar-refractivity contribution in [2.24, 2.45) is 0 Å². The molecule has 0 spiro atoms. The van der Waals surface area contributed by atoms with Gasteiger partial charge in [-0.2, -0.15) is 0 Å². The summed E-state index contributed by atoms with van der Waals surface area (Å²) < 4.78 is 16.0. The number of benzene rings is 2. The van der Waals surface area contributed by atoms with Crippen LogP contribution in [0.15, 0.2) is 42.5 Å². The van der Waals surface area contributed by atoms with Crippen LogP contribution in [-0.2, 0) is 14.3 Å². The minimum Gasteiger partial charge on any atom is -0.485 e. The van der Waals surface area contributed by atoms with E-state index in [4.69, 9.17) is 14.2 Å². The number of ether oxygens (including phenoxy) is 3. The molecule has 1 unspecified atom stereocenters. The molecule has 3 rings (SSSR count). The van der Waals surface area contributed by atoms with Crippen molar-refractivity contribution in [3.8, 4) is 11.5 Å². The minimum absolute atomic E-state index is 0.149. The van der Waals surface area contributed by atoms with Crippen LogP contribution in [0.2, 0.25) is 0 Å². The van der Waals surface area contributed by atoms with Crippen molar-refractivity contribution in [2.75, 3.05) is 38.4 Å². The average Bonchev–Trinajstić information content (AvgIpc) is 2.76. The van der Waals surface area contributed by atoms with Gasteiger partial charge in [0.25, 0.3) is 5.91 Å². The van der Waals surface area contributed by atoms with Crippen molar-refractivity contribution in [3.63, 3.8) is 0 Å². The van der Waals surface area contributed by atoms with E-state index in [2.05, 4.69) is 5.32 Å². The molecule has 1 atom stereocenters. The van der Waals surface area contributed by atoms with Gasteiger partial charge in [0.05, 0.1) is 12.3 Å². The maximum absolute atomic E-state index is 12.7. The molecule has 1 N–H and O–H groups in total. The zero-order chi connectivity index (χ0) is 22.4. The van der Waals surface area contributed by atoms with E-state index >= 15 is 0 Å². The third-order valence-corrected chi connectivity index (χ3v) is 4.89. The van der Waals surface area contributed by atoms with Crippen LogP contribution in [0.4, 0.5) is 5.69 Å². The summed E-state index contributed by atoms with van der Waals surface area (Å²) in [5.41, 5.74) is 1.77. The molecule has 0 radical (unpaired) electrons. The molecule has 164 valence electrons. The van der Waals surface area contributed by atoms with Crippen LogP contribution in [0.5, 0.6) is 11.5 Å². The summed E-state index contributed by atoms with van der Waals surface area (Å²) in [6.45, 7) is 3.95. The number of amides is 2. The summed E-state index contributed by atoms with van der Waals surface area (Å²) in [5, 5.41) is 2.73. The molecular formula is C23H26N2O6. The molecular weight excluding hydrogens is 400 g/mol. The first-order valence-corrected chi connectivity index (χ1v) is 9.99. The first-order chi connectivity index (χ1) is 14.9. The first-order valence-electron chi connectivity index (χ1n) is 9.99. The van der Waals surface area contributed by atoms with E-state index in [9.17, 15) is 14.4 Å². The number of hydrogen-bond acceptors (Lipinski definition) is 6. The Balaban J connectivity index is 1.77. The van der Waals surface area contributed by atoms with E-state index in [1.807, 2.05) is 25.1 Å². The molecule has 1 heterocycles. The number of ketones is 1. The van der Waals surface area contributed by atoms with Crippen molar-refractivity contribution >= 4 is 23.3 Å². The van der Waals surface area contributed by atoms with E-state index < -0.39 is 6.04 Å². The van der Waals surface area contributed by atoms with Crippen molar-refractivity contribution in [3.05, 3.63) is 53.6 Å². The van der Waals surface area contributed by atoms with E-state index in [0.29, 0.717) is 35.9 Å². The van der Waals surface area contributed by atoms with E-state index in [-0.39, 0.29) is 30.8 Å². The van der Waals surface area contributed by atoms with Gasteiger partial charge in [0, 0.05) is 19.2 Å². The van der Waals surface area contributed by atoms with Crippen molar-refractivity contribution < 1.29 is 28.6 Å². The van der Waals surface area contributed by atoms with Crippen LogP contribution in [-0.4, -0.2) is 57.1 Å². The molecule has 31 heavy (non-hydrogen) atoms. The highest BCUT2D eigenvalue weighted by molar-refractivity contribution is 6.05. The Labute approximate surface area is 181 Å². The predicted octanol–water partition coefficient (Wildman–Crippen LogP) is 2.13. The third kappa shape index (κ3) is 5.40. The SMILES string of the molecule is COCCNC(=O)C(C)N1C(=O)COc2ccc(C(=O)COc3cccc(C)c3)cc21. The number of anilines is 1. The summed E-state index contributed by atoms with van der Waals surface area (Å²) in [6, 6.07) is 11.5. The number of aryl methyl sites for hydroxylation is 1. The summed E-state index contributed by atoms with van der Waals surface area (Å²) in [4.78, 5) is 39.1. The van der Waals surface area contributed by atoms with Gasteiger partial charge in [0.1, 0.15) is 17.5 Å². The molecule has 1 aliphatic rings. The van der Waals surface area contributed by atoms with Crippen molar-refractivity contribution in [1.29, 1.82) is 0 Å². The number of nitrogens with one attached hydrogen (secondary N) is 1. The van der Waals surface area contributed by atoms with Crippen molar-refractivity contribution in [1.82, 2.24) is 5.32 Å². The number of rotatable bonds is 9. The lowest BCUT2D eigenvalue weighted by Crippen LogP contribution is -2.51. The molecule has 0 bridgehead atoms. The molecule has 1 aliphatic heterocycles. The molecule has 0 saturated heterocycles. The quantitative estimate of drug-likeness (QED) is 0.488. The van der Waals surface area contributed by atoms with Gasteiger partial charge in [-0.3, -0.25) is 19.3 Å². The van der Waals surface area contributed by atoms with Gasteiger partial charge in [-0.15, -0.1) is 0 Å². The third-order valence-electron chi connectivity index (χ3n) is 4.89. The second kappa shape index (κ2) is 10.1. The number of methoxy groups -OCH3 is 1. The summed E-state index contributed by atoms with van der Waals surface area (Å²) in [7, 11) is 1.54. The van der Waals surface area contributed by atoms with Gasteiger partial charge >= 0.3 is 0 Å². The van der Waals surface area contributed by atoms with Crippen LogP contribution >= 0.6 is 0 Å². The molecule has 0 aliphatic carbocycles. The van der Waals surface area contributed by atoms with Gasteiger partial charge in [-0.25, -0.2) is 0 Å². The fraction of sp³-hybridized carbons (Fsp3) is 0.348. The Kier molecular flexibility index (Phi) is 7.25.